The molecule has 0 spiro atoms. The van der Waals surface area contributed by atoms with Gasteiger partial charge in [0, 0.05) is 18.9 Å². The van der Waals surface area contributed by atoms with Crippen LogP contribution >= 0.6 is 0 Å². The molecule has 2 rings (SSSR count). The number of carbonyl (C=O) groups is 2. The molecule has 1 aliphatic heterocycles. The van der Waals surface area contributed by atoms with Crippen LogP contribution in [0.15, 0.2) is 24.5 Å². The molecule has 132 valence electrons. The third kappa shape index (κ3) is 4.52. The van der Waals surface area contributed by atoms with Crippen LogP contribution in [-0.4, -0.2) is 45.2 Å². The Morgan fingerprint density at radius 2 is 2.00 bits per heavy atom. The predicted molar refractivity (Wildman–Crippen MR) is 87.9 cm³/mol. The van der Waals surface area contributed by atoms with Crippen LogP contribution in [0, 0.1) is 5.92 Å². The Morgan fingerprint density at radius 3 is 2.50 bits per heavy atom. The molecule has 1 aromatic heterocycles. The van der Waals surface area contributed by atoms with Crippen molar-refractivity contribution in [2.24, 2.45) is 11.7 Å². The number of nitrogens with two attached hydrogens (primary N) is 1. The second kappa shape index (κ2) is 7.27. The topological polar surface area (TPSA) is 106 Å². The summed E-state index contributed by atoms with van der Waals surface area (Å²) in [6, 6.07) is 2.50. The first-order valence-corrected chi connectivity index (χ1v) is 8.06. The zero-order valence-corrected chi connectivity index (χ0v) is 14.3. The van der Waals surface area contributed by atoms with Gasteiger partial charge in [0.2, 0.25) is 0 Å². The van der Waals surface area contributed by atoms with E-state index in [9.17, 15) is 14.7 Å². The van der Waals surface area contributed by atoms with Crippen molar-refractivity contribution >= 4 is 11.9 Å². The molecule has 1 aliphatic rings. The fourth-order valence-electron chi connectivity index (χ4n) is 2.96. The molecule has 0 aliphatic carbocycles. The molecule has 7 heteroatoms. The number of carbonyl (C=O) groups excluding carboxylic acids is 1. The zero-order chi connectivity index (χ0) is 17.9. The van der Waals surface area contributed by atoms with Crippen LogP contribution in [-0.2, 0) is 14.3 Å². The number of carboxylic acid groups (broad SMARTS) is 1. The highest BCUT2D eigenvalue weighted by Gasteiger charge is 2.38. The number of carboxylic acids is 1. The molecule has 3 atom stereocenters. The number of aliphatic carboxylic acids is 1. The largest absolute Gasteiger partial charge is 0.480 e. The summed E-state index contributed by atoms with van der Waals surface area (Å²) in [4.78, 5) is 29.6. The van der Waals surface area contributed by atoms with E-state index < -0.39 is 23.8 Å². The molecule has 0 bridgehead atoms. The van der Waals surface area contributed by atoms with Crippen molar-refractivity contribution in [2.75, 3.05) is 6.54 Å². The molecule has 0 saturated carbocycles. The molecule has 24 heavy (non-hydrogen) atoms. The van der Waals surface area contributed by atoms with Gasteiger partial charge >= 0.3 is 11.9 Å². The van der Waals surface area contributed by atoms with Gasteiger partial charge in [-0.05, 0) is 51.3 Å². The van der Waals surface area contributed by atoms with Crippen LogP contribution in [0.5, 0.6) is 0 Å². The van der Waals surface area contributed by atoms with Crippen molar-refractivity contribution in [2.45, 2.75) is 51.4 Å². The lowest BCUT2D eigenvalue weighted by molar-refractivity contribution is -0.163. The predicted octanol–water partition coefficient (Wildman–Crippen LogP) is 1.55. The first-order valence-electron chi connectivity index (χ1n) is 8.06. The van der Waals surface area contributed by atoms with E-state index in [1.165, 1.54) is 0 Å². The number of rotatable bonds is 4. The summed E-state index contributed by atoms with van der Waals surface area (Å²) in [5, 5.41) is 9.62. The van der Waals surface area contributed by atoms with Crippen molar-refractivity contribution in [3.63, 3.8) is 0 Å². The number of hydrogen-bond donors (Lipinski definition) is 2. The van der Waals surface area contributed by atoms with Crippen LogP contribution in [0.25, 0.3) is 0 Å². The maximum Gasteiger partial charge on any atom is 0.325 e. The monoisotopic (exact) mass is 335 g/mol. The summed E-state index contributed by atoms with van der Waals surface area (Å²) < 4.78 is 5.42. The molecule has 7 nitrogen and oxygen atoms in total. The Hall–Kier alpha value is -1.99. The van der Waals surface area contributed by atoms with E-state index in [-0.39, 0.29) is 11.9 Å². The van der Waals surface area contributed by atoms with Crippen molar-refractivity contribution in [1.82, 2.24) is 9.88 Å². The molecule has 2 heterocycles. The quantitative estimate of drug-likeness (QED) is 0.804. The summed E-state index contributed by atoms with van der Waals surface area (Å²) >= 11 is 0. The highest BCUT2D eigenvalue weighted by Crippen LogP contribution is 2.30. The maximum absolute atomic E-state index is 12.2. The van der Waals surface area contributed by atoms with Crippen molar-refractivity contribution in [3.05, 3.63) is 30.1 Å². The van der Waals surface area contributed by atoms with E-state index >= 15 is 0 Å². The lowest BCUT2D eigenvalue weighted by Gasteiger charge is -2.40. The zero-order valence-electron chi connectivity index (χ0n) is 14.3. The summed E-state index contributed by atoms with van der Waals surface area (Å²) in [7, 11) is 0. The molecule has 0 amide bonds. The van der Waals surface area contributed by atoms with Crippen LogP contribution < -0.4 is 5.73 Å². The highest BCUT2D eigenvalue weighted by atomic mass is 16.6. The molecule has 1 saturated heterocycles. The minimum Gasteiger partial charge on any atom is -0.480 e. The van der Waals surface area contributed by atoms with E-state index in [4.69, 9.17) is 10.5 Å². The summed E-state index contributed by atoms with van der Waals surface area (Å²) in [6.45, 7) is 5.89. The summed E-state index contributed by atoms with van der Waals surface area (Å²) in [5.41, 5.74) is 6.27. The van der Waals surface area contributed by atoms with E-state index in [0.717, 1.165) is 0 Å². The second-order valence-corrected chi connectivity index (χ2v) is 7.08. The fourth-order valence-corrected chi connectivity index (χ4v) is 2.96. The Bertz CT molecular complexity index is 585. The van der Waals surface area contributed by atoms with Gasteiger partial charge in [-0.3, -0.25) is 19.5 Å². The minimum absolute atomic E-state index is 0.270. The van der Waals surface area contributed by atoms with E-state index in [1.54, 1.807) is 29.4 Å². The molecule has 0 unspecified atom stereocenters. The third-order valence-corrected chi connectivity index (χ3v) is 4.02. The average Bonchev–Trinajstić information content (AvgIpc) is 2.48. The molecule has 1 fully saturated rings. The van der Waals surface area contributed by atoms with Gasteiger partial charge < -0.3 is 15.6 Å². The van der Waals surface area contributed by atoms with Crippen LogP contribution in [0.4, 0.5) is 0 Å². The van der Waals surface area contributed by atoms with Crippen molar-refractivity contribution in [1.29, 1.82) is 0 Å². The van der Waals surface area contributed by atoms with Gasteiger partial charge in [0.25, 0.3) is 0 Å². The Kier molecular flexibility index (Phi) is 5.56. The lowest BCUT2D eigenvalue weighted by atomic mass is 9.92. The first-order chi connectivity index (χ1) is 11.2. The van der Waals surface area contributed by atoms with Crippen LogP contribution in [0.2, 0.25) is 0 Å². The van der Waals surface area contributed by atoms with E-state index in [2.05, 4.69) is 4.98 Å². The number of pyridine rings is 1. The molecular formula is C17H25N3O4. The van der Waals surface area contributed by atoms with E-state index in [0.29, 0.717) is 24.9 Å². The highest BCUT2D eigenvalue weighted by molar-refractivity contribution is 5.76. The number of likely N-dealkylation sites (tertiary alicyclic amines) is 1. The summed E-state index contributed by atoms with van der Waals surface area (Å²) in [6.07, 6.45) is 3.50. The SMILES string of the molecule is CC(C)(C)OC(=O)[C@@H]1CCN([C@H](C(=O)O)c2ccncc2)[C@H](N)C1. The molecule has 1 aromatic rings. The number of nitrogens with zero attached hydrogens (tertiary/aromatic N) is 2. The number of esters is 1. The maximum atomic E-state index is 12.2. The number of ether oxygens (including phenoxy) is 1. The third-order valence-electron chi connectivity index (χ3n) is 4.02. The molecule has 0 radical (unpaired) electrons. The second-order valence-electron chi connectivity index (χ2n) is 7.08. The normalized spacial score (nSPS) is 23.5. The fraction of sp³-hybridized carbons (Fsp3) is 0.588. The van der Waals surface area contributed by atoms with Crippen molar-refractivity contribution < 1.29 is 19.4 Å². The van der Waals surface area contributed by atoms with Gasteiger partial charge in [0.1, 0.15) is 11.6 Å². The Balaban J connectivity index is 2.09. The minimum atomic E-state index is -0.965. The van der Waals surface area contributed by atoms with Gasteiger partial charge in [-0.25, -0.2) is 0 Å². The molecular weight excluding hydrogens is 310 g/mol. The molecule has 3 N–H and O–H groups in total. The average molecular weight is 335 g/mol. The van der Waals surface area contributed by atoms with E-state index in [1.807, 2.05) is 20.8 Å². The summed E-state index contributed by atoms with van der Waals surface area (Å²) in [5.74, 6) is -1.54. The standard InChI is InChI=1S/C17H25N3O4/c1-17(2,3)24-16(23)12-6-9-20(13(18)10-12)14(15(21)22)11-4-7-19-8-5-11/h4-5,7-8,12-14H,6,9-10,18H2,1-3H3,(H,21,22)/t12-,13+,14+/m1/s1. The molecule has 0 aromatic carbocycles. The number of hydrogen-bond acceptors (Lipinski definition) is 6. The van der Waals surface area contributed by atoms with Gasteiger partial charge in [-0.1, -0.05) is 0 Å². The smallest absolute Gasteiger partial charge is 0.325 e. The Morgan fingerprint density at radius 1 is 1.38 bits per heavy atom. The number of aromatic nitrogens is 1. The van der Waals surface area contributed by atoms with Crippen LogP contribution in [0.3, 0.4) is 0 Å². The van der Waals surface area contributed by atoms with Gasteiger partial charge in [0.15, 0.2) is 0 Å². The van der Waals surface area contributed by atoms with Gasteiger partial charge in [0.05, 0.1) is 12.1 Å². The van der Waals surface area contributed by atoms with Crippen molar-refractivity contribution in [3.8, 4) is 0 Å². The Labute approximate surface area is 141 Å². The van der Waals surface area contributed by atoms with Crippen LogP contribution in [0.1, 0.15) is 45.2 Å². The van der Waals surface area contributed by atoms with Gasteiger partial charge in [-0.15, -0.1) is 0 Å². The first kappa shape index (κ1) is 18.4. The van der Waals surface area contributed by atoms with Gasteiger partial charge in [-0.2, -0.15) is 0 Å². The lowest BCUT2D eigenvalue weighted by Crippen LogP contribution is -2.52. The number of piperidine rings is 1.